The maximum Gasteiger partial charge on any atom is 0.325 e. The molecule has 0 unspecified atom stereocenters. The van der Waals surface area contributed by atoms with Gasteiger partial charge in [-0.05, 0) is 19.1 Å². The van der Waals surface area contributed by atoms with Crippen LogP contribution in [0.25, 0.3) is 5.84 Å². The first-order valence-electron chi connectivity index (χ1n) is 7.88. The molecule has 0 fully saturated rings. The number of aromatic nitrogens is 3. The Bertz CT molecular complexity index is 836. The van der Waals surface area contributed by atoms with Gasteiger partial charge in [0.25, 0.3) is 5.91 Å². The number of nitrogens with zero attached hydrogens (tertiary/aromatic N) is 3. The average Bonchev–Trinajstić information content (AvgIpc) is 3.12. The number of fused-ring (bicyclic) bond motifs is 1. The molecule has 24 heavy (non-hydrogen) atoms. The number of para-hydroxylation sites is 1. The average molecular weight is 328 g/mol. The molecule has 7 heteroatoms. The molecule has 1 N–H and O–H groups in total. The summed E-state index contributed by atoms with van der Waals surface area (Å²) in [5.41, 5.74) is 0.630. The summed E-state index contributed by atoms with van der Waals surface area (Å²) in [5, 5.41) is 7.13. The van der Waals surface area contributed by atoms with Crippen molar-refractivity contribution in [1.82, 2.24) is 19.9 Å². The maximum atomic E-state index is 12.2. The van der Waals surface area contributed by atoms with Crippen LogP contribution in [0.5, 0.6) is 5.75 Å². The van der Waals surface area contributed by atoms with Crippen LogP contribution in [-0.4, -0.2) is 33.7 Å². The first-order chi connectivity index (χ1) is 11.6. The van der Waals surface area contributed by atoms with Crippen LogP contribution < -0.4 is 10.1 Å². The number of hydrogen-bond donors (Lipinski definition) is 1. The number of hydrogen-bond acceptors (Lipinski definition) is 5. The highest BCUT2D eigenvalue weighted by atomic mass is 16.5. The number of aryl methyl sites for hydroxylation is 1. The Balaban J connectivity index is 1.59. The molecule has 7 nitrogen and oxygen atoms in total. The van der Waals surface area contributed by atoms with Gasteiger partial charge in [-0.1, -0.05) is 32.0 Å². The van der Waals surface area contributed by atoms with E-state index in [0.717, 1.165) is 5.75 Å². The molecule has 0 aliphatic rings. The molecular weight excluding hydrogens is 308 g/mol. The van der Waals surface area contributed by atoms with Crippen LogP contribution in [0, 0.1) is 6.92 Å². The highest BCUT2D eigenvalue weighted by molar-refractivity contribution is 5.92. The lowest BCUT2D eigenvalue weighted by molar-refractivity contribution is 0.0920. The minimum Gasteiger partial charge on any atom is -0.492 e. The molecule has 0 saturated heterocycles. The smallest absolute Gasteiger partial charge is 0.325 e. The normalized spacial score (nSPS) is 11.2. The van der Waals surface area contributed by atoms with Gasteiger partial charge in [-0.3, -0.25) is 4.79 Å². The Morgan fingerprint density at radius 1 is 1.33 bits per heavy atom. The molecule has 3 aromatic rings. The monoisotopic (exact) mass is 328 g/mol. The van der Waals surface area contributed by atoms with Crippen LogP contribution >= 0.6 is 0 Å². The highest BCUT2D eigenvalue weighted by Gasteiger charge is 2.21. The van der Waals surface area contributed by atoms with E-state index in [1.807, 2.05) is 44.2 Å². The van der Waals surface area contributed by atoms with Crippen molar-refractivity contribution in [2.75, 3.05) is 13.2 Å². The van der Waals surface area contributed by atoms with Gasteiger partial charge < -0.3 is 14.5 Å². The van der Waals surface area contributed by atoms with Crippen LogP contribution in [-0.2, 0) is 0 Å². The van der Waals surface area contributed by atoms with E-state index in [0.29, 0.717) is 30.5 Å². The van der Waals surface area contributed by atoms with Crippen LogP contribution in [0.4, 0.5) is 0 Å². The molecule has 2 heterocycles. The predicted molar refractivity (Wildman–Crippen MR) is 88.3 cm³/mol. The lowest BCUT2D eigenvalue weighted by Crippen LogP contribution is -2.28. The Morgan fingerprint density at radius 3 is 2.75 bits per heavy atom. The number of carbonyl (C=O) groups is 1. The predicted octanol–water partition coefficient (Wildman–Crippen LogP) is 2.56. The lowest BCUT2D eigenvalue weighted by atomic mass is 10.2. The van der Waals surface area contributed by atoms with Gasteiger partial charge in [0.1, 0.15) is 12.4 Å². The number of oxazole rings is 1. The molecule has 0 bridgehead atoms. The van der Waals surface area contributed by atoms with E-state index in [-0.39, 0.29) is 17.6 Å². The molecule has 0 saturated carbocycles. The fourth-order valence-electron chi connectivity index (χ4n) is 2.24. The molecule has 126 valence electrons. The molecule has 3 rings (SSSR count). The third-order valence-electron chi connectivity index (χ3n) is 3.56. The zero-order valence-electron chi connectivity index (χ0n) is 13.9. The quantitative estimate of drug-likeness (QED) is 0.703. The number of benzene rings is 1. The van der Waals surface area contributed by atoms with Gasteiger partial charge in [0.2, 0.25) is 5.76 Å². The summed E-state index contributed by atoms with van der Waals surface area (Å²) < 4.78 is 12.6. The van der Waals surface area contributed by atoms with E-state index in [9.17, 15) is 4.79 Å². The van der Waals surface area contributed by atoms with Gasteiger partial charge in [-0.25, -0.2) is 0 Å². The Morgan fingerprint density at radius 2 is 2.08 bits per heavy atom. The molecule has 0 atom stereocenters. The van der Waals surface area contributed by atoms with E-state index < -0.39 is 0 Å². The molecule has 0 aliphatic carbocycles. The zero-order valence-corrected chi connectivity index (χ0v) is 13.9. The minimum absolute atomic E-state index is 0.201. The van der Waals surface area contributed by atoms with Crippen molar-refractivity contribution in [2.24, 2.45) is 0 Å². The topological polar surface area (TPSA) is 81.7 Å². The Hall–Kier alpha value is -2.83. The number of amides is 1. The number of rotatable bonds is 6. The van der Waals surface area contributed by atoms with Gasteiger partial charge >= 0.3 is 5.84 Å². The first kappa shape index (κ1) is 16.0. The van der Waals surface area contributed by atoms with Gasteiger partial charge in [0, 0.05) is 5.92 Å². The van der Waals surface area contributed by atoms with E-state index in [1.165, 1.54) is 0 Å². The highest BCUT2D eigenvalue weighted by Crippen LogP contribution is 2.17. The van der Waals surface area contributed by atoms with Crippen molar-refractivity contribution in [3.8, 4) is 5.75 Å². The number of ether oxygens (including phenoxy) is 1. The van der Waals surface area contributed by atoms with Gasteiger partial charge in [0.05, 0.1) is 12.2 Å². The van der Waals surface area contributed by atoms with Crippen LogP contribution in [0.1, 0.15) is 41.8 Å². The second-order valence-corrected chi connectivity index (χ2v) is 5.75. The first-order valence-corrected chi connectivity index (χ1v) is 7.88. The molecule has 0 aliphatic heterocycles. The summed E-state index contributed by atoms with van der Waals surface area (Å²) in [6, 6.07) is 9.45. The Labute approximate surface area is 139 Å². The third kappa shape index (κ3) is 3.24. The number of nitrogens with one attached hydrogen (secondary N) is 1. The molecule has 0 spiro atoms. The largest absolute Gasteiger partial charge is 0.492 e. The SMILES string of the molecule is Cc1c(C(=O)NCCOc2ccccc2)oc2nc(C(C)C)nn12. The molecule has 1 aromatic carbocycles. The van der Waals surface area contributed by atoms with Crippen LogP contribution in [0.2, 0.25) is 0 Å². The fraction of sp³-hybridized carbons (Fsp3) is 0.353. The third-order valence-corrected chi connectivity index (χ3v) is 3.56. The number of carbonyl (C=O) groups excluding carboxylic acids is 1. The van der Waals surface area contributed by atoms with Crippen molar-refractivity contribution in [3.63, 3.8) is 0 Å². The lowest BCUT2D eigenvalue weighted by Gasteiger charge is -2.06. The van der Waals surface area contributed by atoms with Gasteiger partial charge in [-0.15, -0.1) is 5.10 Å². The standard InChI is InChI=1S/C17H20N4O3/c1-11(2)15-19-17-21(20-15)12(3)14(24-17)16(22)18-9-10-23-13-7-5-4-6-8-13/h4-8,11H,9-10H2,1-3H3,(H,18,22). The van der Waals surface area contributed by atoms with Gasteiger partial charge in [-0.2, -0.15) is 9.50 Å². The van der Waals surface area contributed by atoms with Crippen LogP contribution in [0.15, 0.2) is 34.7 Å². The summed E-state index contributed by atoms with van der Waals surface area (Å²) in [5.74, 6) is 1.92. The van der Waals surface area contributed by atoms with E-state index in [2.05, 4.69) is 15.4 Å². The summed E-state index contributed by atoms with van der Waals surface area (Å²) in [4.78, 5) is 16.5. The molecule has 0 radical (unpaired) electrons. The fourth-order valence-corrected chi connectivity index (χ4v) is 2.24. The molecule has 1 amide bonds. The van der Waals surface area contributed by atoms with Crippen molar-refractivity contribution in [1.29, 1.82) is 0 Å². The van der Waals surface area contributed by atoms with Crippen LogP contribution in [0.3, 0.4) is 0 Å². The van der Waals surface area contributed by atoms with Crippen molar-refractivity contribution in [3.05, 3.63) is 47.6 Å². The molecule has 2 aromatic heterocycles. The summed E-state index contributed by atoms with van der Waals surface area (Å²) in [6.45, 7) is 6.54. The second-order valence-electron chi connectivity index (χ2n) is 5.75. The summed E-state index contributed by atoms with van der Waals surface area (Å²) in [7, 11) is 0. The second kappa shape index (κ2) is 6.74. The van der Waals surface area contributed by atoms with Crippen molar-refractivity contribution >= 4 is 11.8 Å². The van der Waals surface area contributed by atoms with Gasteiger partial charge in [0.15, 0.2) is 5.82 Å². The Kier molecular flexibility index (Phi) is 4.50. The van der Waals surface area contributed by atoms with Crippen molar-refractivity contribution in [2.45, 2.75) is 26.7 Å². The van der Waals surface area contributed by atoms with E-state index >= 15 is 0 Å². The minimum atomic E-state index is -0.303. The summed E-state index contributed by atoms with van der Waals surface area (Å²) in [6.07, 6.45) is 0. The van der Waals surface area contributed by atoms with E-state index in [4.69, 9.17) is 9.15 Å². The zero-order chi connectivity index (χ0) is 17.1. The summed E-state index contributed by atoms with van der Waals surface area (Å²) >= 11 is 0. The van der Waals surface area contributed by atoms with E-state index in [1.54, 1.807) is 11.4 Å². The molecular formula is C17H20N4O3. The maximum absolute atomic E-state index is 12.2. The van der Waals surface area contributed by atoms with Crippen molar-refractivity contribution < 1.29 is 13.9 Å².